The summed E-state index contributed by atoms with van der Waals surface area (Å²) in [5.74, 6) is -0.231. The van der Waals surface area contributed by atoms with Gasteiger partial charge in [-0.3, -0.25) is 4.90 Å². The van der Waals surface area contributed by atoms with E-state index >= 15 is 0 Å². The minimum atomic E-state index is -0.231. The standard InChI is InChI=1S/C13H18ClFN2/c1-13(8-16)4-5-17(9-13)7-10-6-11(15)2-3-12(10)14/h2-3,6H,4-5,7-9,16H2,1H3. The maximum Gasteiger partial charge on any atom is 0.123 e. The van der Waals surface area contributed by atoms with Crippen LogP contribution in [0.15, 0.2) is 18.2 Å². The molecule has 1 aromatic rings. The SMILES string of the molecule is CC1(CN)CCN(Cc2cc(F)ccc2Cl)C1. The fraction of sp³-hybridized carbons (Fsp3) is 0.538. The van der Waals surface area contributed by atoms with E-state index in [2.05, 4.69) is 11.8 Å². The van der Waals surface area contributed by atoms with E-state index in [0.717, 1.165) is 25.1 Å². The third kappa shape index (κ3) is 2.97. The predicted octanol–water partition coefficient (Wildman–Crippen LogP) is 2.65. The van der Waals surface area contributed by atoms with E-state index in [4.69, 9.17) is 17.3 Å². The van der Waals surface area contributed by atoms with Crippen molar-refractivity contribution < 1.29 is 4.39 Å². The van der Waals surface area contributed by atoms with Crippen LogP contribution in [0.25, 0.3) is 0 Å². The monoisotopic (exact) mass is 256 g/mol. The Balaban J connectivity index is 2.05. The second kappa shape index (κ2) is 4.92. The minimum Gasteiger partial charge on any atom is -0.330 e. The van der Waals surface area contributed by atoms with Crippen LogP contribution in [0.1, 0.15) is 18.9 Å². The van der Waals surface area contributed by atoms with E-state index < -0.39 is 0 Å². The molecule has 1 heterocycles. The molecule has 0 saturated carbocycles. The quantitative estimate of drug-likeness (QED) is 0.901. The molecule has 94 valence electrons. The highest BCUT2D eigenvalue weighted by Crippen LogP contribution is 2.30. The second-order valence-corrected chi connectivity index (χ2v) is 5.62. The molecule has 2 rings (SSSR count). The average molecular weight is 257 g/mol. The lowest BCUT2D eigenvalue weighted by molar-refractivity contribution is 0.274. The van der Waals surface area contributed by atoms with E-state index in [9.17, 15) is 4.39 Å². The van der Waals surface area contributed by atoms with Crippen molar-refractivity contribution in [2.24, 2.45) is 11.1 Å². The summed E-state index contributed by atoms with van der Waals surface area (Å²) in [5, 5.41) is 0.632. The van der Waals surface area contributed by atoms with Crippen LogP contribution in [0.3, 0.4) is 0 Å². The van der Waals surface area contributed by atoms with Crippen LogP contribution < -0.4 is 5.73 Å². The molecule has 1 aliphatic heterocycles. The number of halogens is 2. The molecular formula is C13H18ClFN2. The molecule has 2 N–H and O–H groups in total. The Bertz CT molecular complexity index is 410. The lowest BCUT2D eigenvalue weighted by Gasteiger charge is -2.22. The summed E-state index contributed by atoms with van der Waals surface area (Å²) in [6.07, 6.45) is 1.09. The molecule has 1 aliphatic rings. The molecule has 0 aromatic heterocycles. The van der Waals surface area contributed by atoms with Gasteiger partial charge < -0.3 is 5.73 Å². The highest BCUT2D eigenvalue weighted by Gasteiger charge is 2.32. The normalized spacial score (nSPS) is 25.4. The van der Waals surface area contributed by atoms with Crippen LogP contribution >= 0.6 is 11.6 Å². The average Bonchev–Trinajstić information content (AvgIpc) is 2.67. The zero-order valence-electron chi connectivity index (χ0n) is 10.0. The Labute approximate surface area is 107 Å². The first-order valence-electron chi connectivity index (χ1n) is 5.89. The molecule has 0 bridgehead atoms. The summed E-state index contributed by atoms with van der Waals surface area (Å²) in [6, 6.07) is 4.52. The molecule has 2 nitrogen and oxygen atoms in total. The van der Waals surface area contributed by atoms with Gasteiger partial charge in [0.2, 0.25) is 0 Å². The Hall–Kier alpha value is -0.640. The molecule has 1 unspecified atom stereocenters. The van der Waals surface area contributed by atoms with Crippen molar-refractivity contribution in [3.05, 3.63) is 34.6 Å². The number of likely N-dealkylation sites (tertiary alicyclic amines) is 1. The van der Waals surface area contributed by atoms with Crippen LogP contribution in [-0.2, 0) is 6.54 Å². The van der Waals surface area contributed by atoms with Gasteiger partial charge in [0.05, 0.1) is 0 Å². The van der Waals surface area contributed by atoms with Crippen LogP contribution in [0.4, 0.5) is 4.39 Å². The molecular weight excluding hydrogens is 239 g/mol. The van der Waals surface area contributed by atoms with Crippen molar-refractivity contribution in [1.29, 1.82) is 0 Å². The molecule has 0 amide bonds. The fourth-order valence-corrected chi connectivity index (χ4v) is 2.51. The van der Waals surface area contributed by atoms with Gasteiger partial charge in [-0.25, -0.2) is 4.39 Å². The molecule has 1 saturated heterocycles. The van der Waals surface area contributed by atoms with E-state index in [1.807, 2.05) is 0 Å². The largest absolute Gasteiger partial charge is 0.330 e. The summed E-state index contributed by atoms with van der Waals surface area (Å²) in [7, 11) is 0. The van der Waals surface area contributed by atoms with Gasteiger partial charge in [-0.05, 0) is 48.7 Å². The van der Waals surface area contributed by atoms with Crippen molar-refractivity contribution in [2.75, 3.05) is 19.6 Å². The Morgan fingerprint density at radius 2 is 2.29 bits per heavy atom. The van der Waals surface area contributed by atoms with Crippen molar-refractivity contribution in [3.8, 4) is 0 Å². The number of hydrogen-bond acceptors (Lipinski definition) is 2. The maximum atomic E-state index is 13.1. The minimum absolute atomic E-state index is 0.194. The van der Waals surface area contributed by atoms with Crippen LogP contribution in [-0.4, -0.2) is 24.5 Å². The molecule has 4 heteroatoms. The Morgan fingerprint density at radius 1 is 1.53 bits per heavy atom. The Kier molecular flexibility index (Phi) is 3.71. The lowest BCUT2D eigenvalue weighted by Crippen LogP contribution is -2.31. The van der Waals surface area contributed by atoms with Gasteiger partial charge in [0.15, 0.2) is 0 Å². The highest BCUT2D eigenvalue weighted by atomic mass is 35.5. The van der Waals surface area contributed by atoms with Crippen molar-refractivity contribution in [2.45, 2.75) is 19.9 Å². The summed E-state index contributed by atoms with van der Waals surface area (Å²) < 4.78 is 13.1. The topological polar surface area (TPSA) is 29.3 Å². The molecule has 17 heavy (non-hydrogen) atoms. The van der Waals surface area contributed by atoms with Crippen LogP contribution in [0.2, 0.25) is 5.02 Å². The van der Waals surface area contributed by atoms with Gasteiger partial charge in [-0.2, -0.15) is 0 Å². The van der Waals surface area contributed by atoms with Gasteiger partial charge >= 0.3 is 0 Å². The van der Waals surface area contributed by atoms with E-state index in [1.54, 1.807) is 6.07 Å². The van der Waals surface area contributed by atoms with Crippen LogP contribution in [0.5, 0.6) is 0 Å². The highest BCUT2D eigenvalue weighted by molar-refractivity contribution is 6.31. The van der Waals surface area contributed by atoms with Gasteiger partial charge in [-0.15, -0.1) is 0 Å². The summed E-state index contributed by atoms with van der Waals surface area (Å²) >= 11 is 6.06. The fourth-order valence-electron chi connectivity index (χ4n) is 2.33. The number of nitrogens with two attached hydrogens (primary N) is 1. The number of rotatable bonds is 3. The van der Waals surface area contributed by atoms with E-state index in [0.29, 0.717) is 18.1 Å². The lowest BCUT2D eigenvalue weighted by atomic mass is 9.90. The van der Waals surface area contributed by atoms with Gasteiger partial charge in [0.25, 0.3) is 0 Å². The molecule has 1 aromatic carbocycles. The summed E-state index contributed by atoms with van der Waals surface area (Å²) in [5.41, 5.74) is 6.81. The van der Waals surface area contributed by atoms with Gasteiger partial charge in [-0.1, -0.05) is 18.5 Å². The van der Waals surface area contributed by atoms with E-state index in [1.165, 1.54) is 12.1 Å². The third-order valence-corrected chi connectivity index (χ3v) is 3.90. The third-order valence-electron chi connectivity index (χ3n) is 3.53. The van der Waals surface area contributed by atoms with Crippen LogP contribution in [0, 0.1) is 11.2 Å². The predicted molar refractivity (Wildman–Crippen MR) is 68.5 cm³/mol. The van der Waals surface area contributed by atoms with Crippen molar-refractivity contribution >= 4 is 11.6 Å². The molecule has 0 spiro atoms. The zero-order valence-corrected chi connectivity index (χ0v) is 10.8. The number of nitrogens with zero attached hydrogens (tertiary/aromatic N) is 1. The van der Waals surface area contributed by atoms with E-state index in [-0.39, 0.29) is 11.2 Å². The number of hydrogen-bond donors (Lipinski definition) is 1. The molecule has 1 fully saturated rings. The zero-order chi connectivity index (χ0) is 12.5. The molecule has 0 radical (unpaired) electrons. The number of benzene rings is 1. The summed E-state index contributed by atoms with van der Waals surface area (Å²) in [4.78, 5) is 2.29. The Morgan fingerprint density at radius 3 is 2.94 bits per heavy atom. The van der Waals surface area contributed by atoms with Gasteiger partial charge in [0.1, 0.15) is 5.82 Å². The first-order valence-corrected chi connectivity index (χ1v) is 6.27. The smallest absolute Gasteiger partial charge is 0.123 e. The maximum absolute atomic E-state index is 13.1. The molecule has 0 aliphatic carbocycles. The summed E-state index contributed by atoms with van der Waals surface area (Å²) in [6.45, 7) is 5.55. The van der Waals surface area contributed by atoms with Crippen molar-refractivity contribution in [3.63, 3.8) is 0 Å². The second-order valence-electron chi connectivity index (χ2n) is 5.21. The van der Waals surface area contributed by atoms with Gasteiger partial charge in [0, 0.05) is 18.1 Å². The first kappa shape index (κ1) is 12.8. The van der Waals surface area contributed by atoms with Crippen molar-refractivity contribution in [1.82, 2.24) is 4.90 Å². The first-order chi connectivity index (χ1) is 8.02. The molecule has 1 atom stereocenters.